The lowest BCUT2D eigenvalue weighted by Gasteiger charge is -2.07. The molecule has 0 aliphatic carbocycles. The second-order valence-electron chi connectivity index (χ2n) is 2.39. The molecule has 1 rings (SSSR count). The standard InChI is InChI=1S/C7H6F3NO3/c8-7(9,10)14-6-2-11-4(3-12)1-5(6)13/h1-2,12H,3H2,(H,11,13). The van der Waals surface area contributed by atoms with Crippen LogP contribution in [0, 0.1) is 0 Å². The Hall–Kier alpha value is -1.50. The van der Waals surface area contributed by atoms with E-state index in [4.69, 9.17) is 5.11 Å². The number of aromatic nitrogens is 1. The van der Waals surface area contributed by atoms with Gasteiger partial charge in [0.05, 0.1) is 6.61 Å². The number of aliphatic hydroxyl groups is 1. The number of ether oxygens (including phenoxy) is 1. The minimum atomic E-state index is -4.90. The van der Waals surface area contributed by atoms with Crippen molar-refractivity contribution in [1.82, 2.24) is 4.98 Å². The van der Waals surface area contributed by atoms with Crippen LogP contribution in [-0.2, 0) is 6.61 Å². The Morgan fingerprint density at radius 1 is 1.50 bits per heavy atom. The largest absolute Gasteiger partial charge is 0.573 e. The molecule has 0 unspecified atom stereocenters. The minimum Gasteiger partial charge on any atom is -0.400 e. The fourth-order valence-electron chi connectivity index (χ4n) is 0.796. The average Bonchev–Trinajstić information content (AvgIpc) is 2.06. The summed E-state index contributed by atoms with van der Waals surface area (Å²) in [6.07, 6.45) is -4.14. The fourth-order valence-corrected chi connectivity index (χ4v) is 0.796. The number of alkyl halides is 3. The van der Waals surface area contributed by atoms with E-state index < -0.39 is 24.1 Å². The third-order valence-corrected chi connectivity index (χ3v) is 1.33. The maximum absolute atomic E-state index is 11.7. The summed E-state index contributed by atoms with van der Waals surface area (Å²) in [7, 11) is 0. The number of rotatable bonds is 2. The Morgan fingerprint density at radius 3 is 2.57 bits per heavy atom. The van der Waals surface area contributed by atoms with E-state index >= 15 is 0 Å². The first-order valence-electron chi connectivity index (χ1n) is 3.50. The van der Waals surface area contributed by atoms with Gasteiger partial charge < -0.3 is 14.8 Å². The summed E-state index contributed by atoms with van der Waals surface area (Å²) >= 11 is 0. The zero-order valence-corrected chi connectivity index (χ0v) is 6.76. The van der Waals surface area contributed by atoms with Gasteiger partial charge in [0.2, 0.25) is 5.43 Å². The summed E-state index contributed by atoms with van der Waals surface area (Å²) in [5.41, 5.74) is -0.824. The van der Waals surface area contributed by atoms with Gasteiger partial charge in [-0.15, -0.1) is 13.2 Å². The lowest BCUT2D eigenvalue weighted by molar-refractivity contribution is -0.275. The van der Waals surface area contributed by atoms with E-state index in [1.165, 1.54) is 0 Å². The van der Waals surface area contributed by atoms with Gasteiger partial charge in [-0.05, 0) is 0 Å². The van der Waals surface area contributed by atoms with E-state index in [1.807, 2.05) is 0 Å². The van der Waals surface area contributed by atoms with Gasteiger partial charge in [-0.25, -0.2) is 0 Å². The molecule has 0 fully saturated rings. The quantitative estimate of drug-likeness (QED) is 0.756. The lowest BCUT2D eigenvalue weighted by atomic mass is 10.3. The molecule has 7 heteroatoms. The van der Waals surface area contributed by atoms with Crippen LogP contribution >= 0.6 is 0 Å². The number of pyridine rings is 1. The summed E-state index contributed by atoms with van der Waals surface area (Å²) < 4.78 is 38.4. The highest BCUT2D eigenvalue weighted by atomic mass is 19.4. The third kappa shape index (κ3) is 2.77. The molecular weight excluding hydrogens is 203 g/mol. The Bertz CT molecular complexity index is 371. The van der Waals surface area contributed by atoms with Crippen LogP contribution in [0.2, 0.25) is 0 Å². The Labute approximate surface area is 75.9 Å². The molecule has 78 valence electrons. The Morgan fingerprint density at radius 2 is 2.14 bits per heavy atom. The topological polar surface area (TPSA) is 62.3 Å². The molecule has 0 saturated heterocycles. The maximum atomic E-state index is 11.7. The first-order chi connectivity index (χ1) is 6.42. The van der Waals surface area contributed by atoms with E-state index in [2.05, 4.69) is 9.72 Å². The molecule has 0 atom stereocenters. The molecule has 0 radical (unpaired) electrons. The molecule has 0 aromatic carbocycles. The Balaban J connectivity index is 2.96. The molecule has 14 heavy (non-hydrogen) atoms. The van der Waals surface area contributed by atoms with Crippen LogP contribution in [0.4, 0.5) is 13.2 Å². The predicted molar refractivity (Wildman–Crippen MR) is 39.7 cm³/mol. The van der Waals surface area contributed by atoms with Crippen molar-refractivity contribution in [2.24, 2.45) is 0 Å². The van der Waals surface area contributed by atoms with Gasteiger partial charge in [-0.3, -0.25) is 4.79 Å². The number of aliphatic hydroxyl groups excluding tert-OH is 1. The summed E-state index contributed by atoms with van der Waals surface area (Å²) in [4.78, 5) is 13.2. The first-order valence-corrected chi connectivity index (χ1v) is 3.50. The average molecular weight is 209 g/mol. The maximum Gasteiger partial charge on any atom is 0.573 e. The van der Waals surface area contributed by atoms with Gasteiger partial charge in [0, 0.05) is 18.0 Å². The second-order valence-corrected chi connectivity index (χ2v) is 2.39. The summed E-state index contributed by atoms with van der Waals surface area (Å²) in [6.45, 7) is -0.457. The highest BCUT2D eigenvalue weighted by Crippen LogP contribution is 2.18. The molecule has 0 saturated carbocycles. The summed E-state index contributed by atoms with van der Waals surface area (Å²) in [5.74, 6) is -0.852. The van der Waals surface area contributed by atoms with Crippen molar-refractivity contribution in [3.63, 3.8) is 0 Å². The highest BCUT2D eigenvalue weighted by Gasteiger charge is 2.32. The zero-order chi connectivity index (χ0) is 10.8. The number of H-pyrrole nitrogens is 1. The zero-order valence-electron chi connectivity index (χ0n) is 6.76. The predicted octanol–water partition coefficient (Wildman–Crippen LogP) is 0.766. The summed E-state index contributed by atoms with van der Waals surface area (Å²) in [6, 6.07) is 0.834. The summed E-state index contributed by atoms with van der Waals surface area (Å²) in [5, 5.41) is 8.55. The van der Waals surface area contributed by atoms with E-state index in [9.17, 15) is 18.0 Å². The second kappa shape index (κ2) is 3.70. The van der Waals surface area contributed by atoms with Crippen molar-refractivity contribution < 1.29 is 23.0 Å². The lowest BCUT2D eigenvalue weighted by Crippen LogP contribution is -2.21. The SMILES string of the molecule is O=c1cc(CO)[nH]cc1OC(F)(F)F. The first kappa shape index (κ1) is 10.6. The normalized spacial score (nSPS) is 11.4. The third-order valence-electron chi connectivity index (χ3n) is 1.33. The molecule has 2 N–H and O–H groups in total. The molecule has 0 spiro atoms. The van der Waals surface area contributed by atoms with E-state index in [0.717, 1.165) is 12.3 Å². The highest BCUT2D eigenvalue weighted by molar-refractivity contribution is 5.20. The van der Waals surface area contributed by atoms with E-state index in [1.54, 1.807) is 0 Å². The van der Waals surface area contributed by atoms with Crippen molar-refractivity contribution in [1.29, 1.82) is 0 Å². The van der Waals surface area contributed by atoms with Crippen molar-refractivity contribution in [2.75, 3.05) is 0 Å². The molecule has 4 nitrogen and oxygen atoms in total. The molecular formula is C7H6F3NO3. The number of hydrogen-bond donors (Lipinski definition) is 2. The van der Waals surface area contributed by atoms with Crippen molar-refractivity contribution in [3.8, 4) is 5.75 Å². The molecule has 1 heterocycles. The van der Waals surface area contributed by atoms with Crippen LogP contribution in [-0.4, -0.2) is 16.5 Å². The van der Waals surface area contributed by atoms with E-state index in [0.29, 0.717) is 0 Å². The smallest absolute Gasteiger partial charge is 0.400 e. The number of halogens is 3. The minimum absolute atomic E-state index is 0.115. The van der Waals surface area contributed by atoms with Gasteiger partial charge in [-0.2, -0.15) is 0 Å². The molecule has 0 aliphatic heterocycles. The van der Waals surface area contributed by atoms with Crippen molar-refractivity contribution in [2.45, 2.75) is 13.0 Å². The van der Waals surface area contributed by atoms with Crippen LogP contribution in [0.15, 0.2) is 17.1 Å². The fraction of sp³-hybridized carbons (Fsp3) is 0.286. The van der Waals surface area contributed by atoms with Crippen molar-refractivity contribution >= 4 is 0 Å². The van der Waals surface area contributed by atoms with Gasteiger partial charge in [0.15, 0.2) is 5.75 Å². The van der Waals surface area contributed by atoms with Crippen molar-refractivity contribution in [3.05, 3.63) is 28.2 Å². The monoisotopic (exact) mass is 209 g/mol. The molecule has 0 bridgehead atoms. The number of nitrogens with one attached hydrogen (secondary N) is 1. The Kier molecular flexibility index (Phi) is 2.80. The number of hydrogen-bond acceptors (Lipinski definition) is 3. The van der Waals surface area contributed by atoms with Gasteiger partial charge in [-0.1, -0.05) is 0 Å². The van der Waals surface area contributed by atoms with Gasteiger partial charge in [0.25, 0.3) is 0 Å². The van der Waals surface area contributed by atoms with Gasteiger partial charge >= 0.3 is 6.36 Å². The van der Waals surface area contributed by atoms with E-state index in [-0.39, 0.29) is 5.69 Å². The number of aromatic amines is 1. The molecule has 0 aliphatic rings. The van der Waals surface area contributed by atoms with Crippen LogP contribution < -0.4 is 10.2 Å². The molecule has 1 aromatic heterocycles. The molecule has 0 amide bonds. The van der Waals surface area contributed by atoms with Crippen LogP contribution in [0.5, 0.6) is 5.75 Å². The van der Waals surface area contributed by atoms with Gasteiger partial charge in [0.1, 0.15) is 0 Å². The van der Waals surface area contributed by atoms with Crippen LogP contribution in [0.3, 0.4) is 0 Å². The van der Waals surface area contributed by atoms with Crippen LogP contribution in [0.1, 0.15) is 5.69 Å². The van der Waals surface area contributed by atoms with Crippen LogP contribution in [0.25, 0.3) is 0 Å². The molecule has 1 aromatic rings.